The van der Waals surface area contributed by atoms with Gasteiger partial charge in [0.2, 0.25) is 0 Å². The lowest BCUT2D eigenvalue weighted by atomic mass is 9.96. The van der Waals surface area contributed by atoms with Crippen molar-refractivity contribution in [2.75, 3.05) is 26.2 Å². The first kappa shape index (κ1) is 13.7. The molecule has 0 aromatic rings. The summed E-state index contributed by atoms with van der Waals surface area (Å²) in [5, 5.41) is 3.55. The van der Waals surface area contributed by atoms with Crippen molar-refractivity contribution in [3.63, 3.8) is 0 Å². The van der Waals surface area contributed by atoms with E-state index in [9.17, 15) is 0 Å². The lowest BCUT2D eigenvalue weighted by Gasteiger charge is -2.32. The second-order valence-electron chi connectivity index (χ2n) is 5.56. The lowest BCUT2D eigenvalue weighted by Crippen LogP contribution is -2.39. The van der Waals surface area contributed by atoms with Crippen LogP contribution in [0.4, 0.5) is 0 Å². The Bertz CT molecular complexity index is 203. The van der Waals surface area contributed by atoms with Gasteiger partial charge in [-0.3, -0.25) is 0 Å². The lowest BCUT2D eigenvalue weighted by molar-refractivity contribution is 0.182. The molecule has 1 saturated heterocycles. The number of nitrogens with one attached hydrogen (secondary N) is 1. The van der Waals surface area contributed by atoms with E-state index >= 15 is 0 Å². The van der Waals surface area contributed by atoms with Gasteiger partial charge in [-0.25, -0.2) is 0 Å². The zero-order chi connectivity index (χ0) is 12.0. The van der Waals surface area contributed by atoms with Crippen molar-refractivity contribution in [1.29, 1.82) is 0 Å². The molecule has 0 amide bonds. The van der Waals surface area contributed by atoms with E-state index in [1.165, 1.54) is 44.6 Å². The van der Waals surface area contributed by atoms with Crippen LogP contribution in [0.1, 0.15) is 40.0 Å². The van der Waals surface area contributed by atoms with Gasteiger partial charge in [-0.2, -0.15) is 0 Å². The van der Waals surface area contributed by atoms with Crippen molar-refractivity contribution in [2.24, 2.45) is 5.92 Å². The molecule has 1 fully saturated rings. The minimum atomic E-state index is 0.626. The van der Waals surface area contributed by atoms with Gasteiger partial charge in [0, 0.05) is 12.6 Å². The Morgan fingerprint density at radius 2 is 2.00 bits per heavy atom. The van der Waals surface area contributed by atoms with Crippen LogP contribution in [0.3, 0.4) is 0 Å². The molecule has 0 aromatic carbocycles. The van der Waals surface area contributed by atoms with Crippen LogP contribution in [0.5, 0.6) is 0 Å². The van der Waals surface area contributed by atoms with Crippen LogP contribution in [0, 0.1) is 5.92 Å². The molecule has 0 radical (unpaired) electrons. The molecule has 1 aliphatic heterocycles. The van der Waals surface area contributed by atoms with Crippen LogP contribution in [0.2, 0.25) is 0 Å². The highest BCUT2D eigenvalue weighted by Crippen LogP contribution is 2.17. The molecule has 0 spiro atoms. The highest BCUT2D eigenvalue weighted by Gasteiger charge is 2.18. The summed E-state index contributed by atoms with van der Waals surface area (Å²) in [6.07, 6.45) is 3.88. The van der Waals surface area contributed by atoms with Gasteiger partial charge in [-0.1, -0.05) is 19.4 Å². The van der Waals surface area contributed by atoms with Crippen molar-refractivity contribution in [2.45, 2.75) is 46.1 Å². The molecule has 94 valence electrons. The fourth-order valence-corrected chi connectivity index (χ4v) is 2.17. The first-order chi connectivity index (χ1) is 7.58. The first-order valence-electron chi connectivity index (χ1n) is 6.68. The van der Waals surface area contributed by atoms with Crippen molar-refractivity contribution in [1.82, 2.24) is 10.2 Å². The Morgan fingerprint density at radius 3 is 2.50 bits per heavy atom. The molecule has 1 heterocycles. The van der Waals surface area contributed by atoms with Crippen molar-refractivity contribution < 1.29 is 0 Å². The summed E-state index contributed by atoms with van der Waals surface area (Å²) in [7, 11) is 0. The Labute approximate surface area is 101 Å². The van der Waals surface area contributed by atoms with Crippen LogP contribution < -0.4 is 5.32 Å². The van der Waals surface area contributed by atoms with E-state index in [0.29, 0.717) is 6.04 Å². The van der Waals surface area contributed by atoms with Crippen molar-refractivity contribution in [3.8, 4) is 0 Å². The monoisotopic (exact) mass is 224 g/mol. The molecule has 2 nitrogen and oxygen atoms in total. The molecule has 0 unspecified atom stereocenters. The summed E-state index contributed by atoms with van der Waals surface area (Å²) in [4.78, 5) is 2.58. The molecule has 1 rings (SSSR count). The van der Waals surface area contributed by atoms with Gasteiger partial charge < -0.3 is 10.2 Å². The number of hydrogen-bond acceptors (Lipinski definition) is 2. The summed E-state index contributed by atoms with van der Waals surface area (Å²) in [5.41, 5.74) is 1.31. The van der Waals surface area contributed by atoms with Crippen LogP contribution >= 0.6 is 0 Å². The molecule has 0 atom stereocenters. The summed E-state index contributed by atoms with van der Waals surface area (Å²) in [5.74, 6) is 0.892. The molecule has 0 aliphatic carbocycles. The van der Waals surface area contributed by atoms with Gasteiger partial charge in [0.05, 0.1) is 0 Å². The van der Waals surface area contributed by atoms with Gasteiger partial charge >= 0.3 is 0 Å². The molecule has 2 heteroatoms. The Kier molecular flexibility index (Phi) is 6.07. The highest BCUT2D eigenvalue weighted by atomic mass is 15.1. The van der Waals surface area contributed by atoms with Gasteiger partial charge in [0.25, 0.3) is 0 Å². The molecule has 0 saturated carbocycles. The molecule has 16 heavy (non-hydrogen) atoms. The van der Waals surface area contributed by atoms with Gasteiger partial charge in [0.15, 0.2) is 0 Å². The second kappa shape index (κ2) is 7.08. The largest absolute Gasteiger partial charge is 0.314 e. The Balaban J connectivity index is 2.11. The number of rotatable bonds is 6. The first-order valence-corrected chi connectivity index (χ1v) is 6.68. The maximum Gasteiger partial charge on any atom is 0.00184 e. The van der Waals surface area contributed by atoms with E-state index in [2.05, 4.69) is 37.6 Å². The van der Waals surface area contributed by atoms with Crippen LogP contribution in [0.25, 0.3) is 0 Å². The number of hydrogen-bond donors (Lipinski definition) is 1. The van der Waals surface area contributed by atoms with Crippen LogP contribution in [-0.4, -0.2) is 37.1 Å². The fourth-order valence-electron chi connectivity index (χ4n) is 2.17. The molecule has 0 bridgehead atoms. The zero-order valence-corrected chi connectivity index (χ0v) is 11.3. The normalized spacial score (nSPS) is 19.2. The minimum absolute atomic E-state index is 0.626. The van der Waals surface area contributed by atoms with E-state index in [4.69, 9.17) is 0 Å². The standard InChI is InChI=1S/C14H28N2/c1-12(2)5-8-16-9-6-14(7-10-16)11-15-13(3)4/h13-15H,1,5-11H2,2-4H3. The second-order valence-corrected chi connectivity index (χ2v) is 5.56. The predicted molar refractivity (Wildman–Crippen MR) is 71.7 cm³/mol. The molecule has 0 aromatic heterocycles. The van der Waals surface area contributed by atoms with Crippen molar-refractivity contribution in [3.05, 3.63) is 12.2 Å². The molecular formula is C14H28N2. The SMILES string of the molecule is C=C(C)CCN1CCC(CNC(C)C)CC1. The fraction of sp³-hybridized carbons (Fsp3) is 0.857. The number of likely N-dealkylation sites (tertiary alicyclic amines) is 1. The van der Waals surface area contributed by atoms with E-state index in [0.717, 1.165) is 12.3 Å². The van der Waals surface area contributed by atoms with Gasteiger partial charge in [-0.05, 0) is 51.7 Å². The van der Waals surface area contributed by atoms with E-state index in [-0.39, 0.29) is 0 Å². The van der Waals surface area contributed by atoms with Gasteiger partial charge in [0.1, 0.15) is 0 Å². The minimum Gasteiger partial charge on any atom is -0.314 e. The third-order valence-corrected chi connectivity index (χ3v) is 3.38. The maximum absolute atomic E-state index is 3.97. The average molecular weight is 224 g/mol. The van der Waals surface area contributed by atoms with Crippen LogP contribution in [0.15, 0.2) is 12.2 Å². The number of nitrogens with zero attached hydrogens (tertiary/aromatic N) is 1. The summed E-state index contributed by atoms with van der Waals surface area (Å²) >= 11 is 0. The van der Waals surface area contributed by atoms with Crippen molar-refractivity contribution >= 4 is 0 Å². The van der Waals surface area contributed by atoms with Crippen LogP contribution in [-0.2, 0) is 0 Å². The third-order valence-electron chi connectivity index (χ3n) is 3.38. The topological polar surface area (TPSA) is 15.3 Å². The average Bonchev–Trinajstić information content (AvgIpc) is 2.25. The third kappa shape index (κ3) is 5.66. The van der Waals surface area contributed by atoms with E-state index in [1.807, 2.05) is 0 Å². The van der Waals surface area contributed by atoms with E-state index < -0.39 is 0 Å². The molecule has 1 aliphatic rings. The molecular weight excluding hydrogens is 196 g/mol. The van der Waals surface area contributed by atoms with E-state index in [1.54, 1.807) is 0 Å². The quantitative estimate of drug-likeness (QED) is 0.698. The summed E-state index contributed by atoms with van der Waals surface area (Å²) < 4.78 is 0. The Morgan fingerprint density at radius 1 is 1.38 bits per heavy atom. The summed E-state index contributed by atoms with van der Waals surface area (Å²) in [6.45, 7) is 15.5. The summed E-state index contributed by atoms with van der Waals surface area (Å²) in [6, 6.07) is 0.626. The molecule has 1 N–H and O–H groups in total. The maximum atomic E-state index is 3.97. The Hall–Kier alpha value is -0.340. The highest BCUT2D eigenvalue weighted by molar-refractivity contribution is 4.89. The van der Waals surface area contributed by atoms with Gasteiger partial charge in [-0.15, -0.1) is 6.58 Å². The number of piperidine rings is 1. The zero-order valence-electron chi connectivity index (χ0n) is 11.3. The predicted octanol–water partition coefficient (Wildman–Crippen LogP) is 2.66. The smallest absolute Gasteiger partial charge is 0.00184 e.